The molecule has 1 aromatic rings. The van der Waals surface area contributed by atoms with Crippen molar-refractivity contribution >= 4 is 17.5 Å². The Balaban J connectivity index is 2.54. The van der Waals surface area contributed by atoms with Gasteiger partial charge in [0.15, 0.2) is 6.61 Å². The Morgan fingerprint density at radius 1 is 1.59 bits per heavy atom. The number of rotatable bonds is 4. The number of halogens is 1. The summed E-state index contributed by atoms with van der Waals surface area (Å²) in [5.41, 5.74) is 0.357. The van der Waals surface area contributed by atoms with Crippen LogP contribution in [0.1, 0.15) is 5.56 Å². The van der Waals surface area contributed by atoms with Crippen molar-refractivity contribution in [2.24, 2.45) is 0 Å². The van der Waals surface area contributed by atoms with Crippen LogP contribution in [0.5, 0.6) is 5.75 Å². The molecule has 0 bridgehead atoms. The van der Waals surface area contributed by atoms with Gasteiger partial charge in [0, 0.05) is 6.07 Å². The van der Waals surface area contributed by atoms with E-state index in [9.17, 15) is 4.79 Å². The third-order valence-corrected chi connectivity index (χ3v) is 2.13. The minimum atomic E-state index is -0.316. The van der Waals surface area contributed by atoms with Gasteiger partial charge in [-0.1, -0.05) is 17.5 Å². The smallest absolute Gasteiger partial charge is 0.258 e. The molecule has 0 aromatic heterocycles. The van der Waals surface area contributed by atoms with E-state index < -0.39 is 0 Å². The Hall–Kier alpha value is -2.17. The maximum Gasteiger partial charge on any atom is 0.258 e. The van der Waals surface area contributed by atoms with E-state index in [1.807, 2.05) is 6.07 Å². The highest BCUT2D eigenvalue weighted by Crippen LogP contribution is 2.21. The second kappa shape index (κ2) is 6.42. The van der Waals surface area contributed by atoms with Gasteiger partial charge in [0.05, 0.1) is 17.1 Å². The fourth-order valence-electron chi connectivity index (χ4n) is 1.03. The van der Waals surface area contributed by atoms with Crippen LogP contribution in [0.15, 0.2) is 18.2 Å². The van der Waals surface area contributed by atoms with Crippen LogP contribution < -0.4 is 10.1 Å². The van der Waals surface area contributed by atoms with Crippen molar-refractivity contribution in [3.05, 3.63) is 28.8 Å². The van der Waals surface area contributed by atoms with Gasteiger partial charge in [-0.25, -0.2) is 0 Å². The lowest BCUT2D eigenvalue weighted by atomic mass is 10.2. The number of hydrogen-bond donors (Lipinski definition) is 1. The number of nitriles is 1. The van der Waals surface area contributed by atoms with Crippen LogP contribution in [0.3, 0.4) is 0 Å². The molecule has 1 N–H and O–H groups in total. The summed E-state index contributed by atoms with van der Waals surface area (Å²) in [7, 11) is 0. The van der Waals surface area contributed by atoms with Gasteiger partial charge in [-0.3, -0.25) is 4.79 Å². The minimum Gasteiger partial charge on any atom is -0.484 e. The average Bonchev–Trinajstić information content (AvgIpc) is 2.34. The molecule has 0 fully saturated rings. The topological polar surface area (TPSA) is 62.1 Å². The Morgan fingerprint density at radius 3 is 2.94 bits per heavy atom. The number of nitrogens with zero attached hydrogens (tertiary/aromatic N) is 1. The zero-order valence-electron chi connectivity index (χ0n) is 8.87. The molecule has 0 saturated heterocycles. The Kier molecular flexibility index (Phi) is 4.87. The van der Waals surface area contributed by atoms with Crippen molar-refractivity contribution in [3.8, 4) is 24.2 Å². The molecule has 0 aliphatic carbocycles. The van der Waals surface area contributed by atoms with E-state index >= 15 is 0 Å². The summed E-state index contributed by atoms with van der Waals surface area (Å²) in [6.45, 7) is 0.0141. The van der Waals surface area contributed by atoms with E-state index in [0.29, 0.717) is 11.3 Å². The molecule has 1 rings (SSSR count). The highest BCUT2D eigenvalue weighted by Gasteiger charge is 2.04. The summed E-state index contributed by atoms with van der Waals surface area (Å²) in [5.74, 6) is 2.38. The number of benzene rings is 1. The van der Waals surface area contributed by atoms with Crippen molar-refractivity contribution in [1.29, 1.82) is 5.26 Å². The molecule has 0 aliphatic rings. The molecule has 0 saturated carbocycles. The van der Waals surface area contributed by atoms with Crippen molar-refractivity contribution < 1.29 is 9.53 Å². The molecule has 1 aromatic carbocycles. The van der Waals surface area contributed by atoms with Gasteiger partial charge >= 0.3 is 0 Å². The number of hydrogen-bond acceptors (Lipinski definition) is 3. The molecule has 0 radical (unpaired) electrons. The van der Waals surface area contributed by atoms with Crippen LogP contribution in [-0.2, 0) is 4.79 Å². The lowest BCUT2D eigenvalue weighted by Crippen LogP contribution is -2.29. The molecule has 0 heterocycles. The number of terminal acetylenes is 1. The number of amides is 1. The molecular formula is C12H9ClN2O2. The van der Waals surface area contributed by atoms with Gasteiger partial charge in [0.1, 0.15) is 11.8 Å². The Bertz CT molecular complexity index is 500. The SMILES string of the molecule is C#CCNC(=O)COc1ccc(C#N)c(Cl)c1. The molecule has 4 nitrogen and oxygen atoms in total. The zero-order valence-corrected chi connectivity index (χ0v) is 9.62. The summed E-state index contributed by atoms with van der Waals surface area (Å²) in [5, 5.41) is 11.4. The molecule has 5 heteroatoms. The summed E-state index contributed by atoms with van der Waals surface area (Å²) < 4.78 is 5.17. The van der Waals surface area contributed by atoms with E-state index in [-0.39, 0.29) is 24.1 Å². The Labute approximate surface area is 104 Å². The van der Waals surface area contributed by atoms with Crippen LogP contribution in [-0.4, -0.2) is 19.1 Å². The van der Waals surface area contributed by atoms with E-state index in [1.54, 1.807) is 6.07 Å². The summed E-state index contributed by atoms with van der Waals surface area (Å²) in [6, 6.07) is 6.50. The standard InChI is InChI=1S/C12H9ClN2O2/c1-2-5-15-12(16)8-17-10-4-3-9(7-14)11(13)6-10/h1,3-4,6H,5,8H2,(H,15,16). The molecule has 86 valence electrons. The van der Waals surface area contributed by atoms with Crippen molar-refractivity contribution in [2.75, 3.05) is 13.2 Å². The zero-order chi connectivity index (χ0) is 12.7. The number of ether oxygens (including phenoxy) is 1. The van der Waals surface area contributed by atoms with Crippen molar-refractivity contribution in [1.82, 2.24) is 5.32 Å². The van der Waals surface area contributed by atoms with Crippen LogP contribution in [0.4, 0.5) is 0 Å². The van der Waals surface area contributed by atoms with Crippen LogP contribution >= 0.6 is 11.6 Å². The van der Waals surface area contributed by atoms with Crippen LogP contribution in [0, 0.1) is 23.7 Å². The summed E-state index contributed by atoms with van der Waals surface area (Å²) in [6.07, 6.45) is 4.98. The summed E-state index contributed by atoms with van der Waals surface area (Å²) >= 11 is 5.80. The summed E-state index contributed by atoms with van der Waals surface area (Å²) in [4.78, 5) is 11.2. The molecule has 0 spiro atoms. The molecule has 0 aliphatic heterocycles. The Morgan fingerprint density at radius 2 is 2.35 bits per heavy atom. The largest absolute Gasteiger partial charge is 0.484 e. The fraction of sp³-hybridized carbons (Fsp3) is 0.167. The molecule has 17 heavy (non-hydrogen) atoms. The first kappa shape index (κ1) is 12.9. The van der Waals surface area contributed by atoms with Crippen LogP contribution in [0.2, 0.25) is 5.02 Å². The van der Waals surface area contributed by atoms with E-state index in [4.69, 9.17) is 28.0 Å². The van der Waals surface area contributed by atoms with Gasteiger partial charge in [0.25, 0.3) is 5.91 Å². The lowest BCUT2D eigenvalue weighted by molar-refractivity contribution is -0.122. The monoisotopic (exact) mass is 248 g/mol. The average molecular weight is 249 g/mol. The second-order valence-corrected chi connectivity index (χ2v) is 3.43. The third kappa shape index (κ3) is 4.06. The predicted octanol–water partition coefficient (Wildman–Crippen LogP) is 1.34. The number of carbonyl (C=O) groups excluding carboxylic acids is 1. The highest BCUT2D eigenvalue weighted by molar-refractivity contribution is 6.31. The van der Waals surface area contributed by atoms with Crippen molar-refractivity contribution in [2.45, 2.75) is 0 Å². The maximum absolute atomic E-state index is 11.2. The minimum absolute atomic E-state index is 0.149. The molecule has 0 atom stereocenters. The second-order valence-electron chi connectivity index (χ2n) is 3.02. The first-order valence-corrected chi connectivity index (χ1v) is 5.07. The van der Waals surface area contributed by atoms with Gasteiger partial charge in [-0.05, 0) is 12.1 Å². The van der Waals surface area contributed by atoms with Crippen LogP contribution in [0.25, 0.3) is 0 Å². The quantitative estimate of drug-likeness (QED) is 0.818. The van der Waals surface area contributed by atoms with E-state index in [0.717, 1.165) is 0 Å². The normalized spacial score (nSPS) is 8.88. The first-order chi connectivity index (χ1) is 8.17. The van der Waals surface area contributed by atoms with Gasteiger partial charge in [-0.2, -0.15) is 5.26 Å². The predicted molar refractivity (Wildman–Crippen MR) is 63.5 cm³/mol. The fourth-order valence-corrected chi connectivity index (χ4v) is 1.24. The van der Waals surface area contributed by atoms with Gasteiger partial charge in [-0.15, -0.1) is 6.42 Å². The van der Waals surface area contributed by atoms with Gasteiger partial charge in [0.2, 0.25) is 0 Å². The molecule has 1 amide bonds. The highest BCUT2D eigenvalue weighted by atomic mass is 35.5. The molecular weight excluding hydrogens is 240 g/mol. The number of carbonyl (C=O) groups is 1. The third-order valence-electron chi connectivity index (χ3n) is 1.82. The van der Waals surface area contributed by atoms with Gasteiger partial charge < -0.3 is 10.1 Å². The molecule has 0 unspecified atom stereocenters. The van der Waals surface area contributed by atoms with E-state index in [1.165, 1.54) is 12.1 Å². The maximum atomic E-state index is 11.2. The van der Waals surface area contributed by atoms with Crippen molar-refractivity contribution in [3.63, 3.8) is 0 Å². The first-order valence-electron chi connectivity index (χ1n) is 4.70. The number of nitrogens with one attached hydrogen (secondary N) is 1. The lowest BCUT2D eigenvalue weighted by Gasteiger charge is -2.06. The van der Waals surface area contributed by atoms with E-state index in [2.05, 4.69) is 11.2 Å².